The van der Waals surface area contributed by atoms with E-state index in [9.17, 15) is 10.1 Å². The topological polar surface area (TPSA) is 62.0 Å². The molecule has 29 heavy (non-hydrogen) atoms. The van der Waals surface area contributed by atoms with Crippen molar-refractivity contribution in [2.75, 3.05) is 24.0 Å². The molecule has 146 valence electrons. The summed E-state index contributed by atoms with van der Waals surface area (Å²) in [5.41, 5.74) is 5.30. The van der Waals surface area contributed by atoms with E-state index in [1.807, 2.05) is 37.3 Å². The summed E-state index contributed by atoms with van der Waals surface area (Å²) in [7, 11) is 4.04. The van der Waals surface area contributed by atoms with Crippen LogP contribution >= 0.6 is 0 Å². The van der Waals surface area contributed by atoms with E-state index in [1.54, 1.807) is 12.1 Å². The van der Waals surface area contributed by atoms with Crippen LogP contribution in [0.4, 0.5) is 17.1 Å². The van der Waals surface area contributed by atoms with Crippen molar-refractivity contribution in [3.8, 4) is 0 Å². The molecule has 1 heterocycles. The second kappa shape index (κ2) is 7.75. The first-order valence-electron chi connectivity index (χ1n) is 9.47. The van der Waals surface area contributed by atoms with Crippen LogP contribution in [-0.4, -0.2) is 24.7 Å². The Kier molecular flexibility index (Phi) is 4.99. The van der Waals surface area contributed by atoms with Crippen LogP contribution in [0.2, 0.25) is 0 Å². The van der Waals surface area contributed by atoms with Gasteiger partial charge in [0.15, 0.2) is 0 Å². The van der Waals surface area contributed by atoms with Crippen LogP contribution in [0.1, 0.15) is 23.6 Å². The molecule has 0 saturated carbocycles. The van der Waals surface area contributed by atoms with Gasteiger partial charge >= 0.3 is 0 Å². The van der Waals surface area contributed by atoms with Crippen molar-refractivity contribution >= 4 is 22.8 Å². The molecule has 1 aliphatic rings. The monoisotopic (exact) mass is 386 g/mol. The molecule has 6 heteroatoms. The lowest BCUT2D eigenvalue weighted by molar-refractivity contribution is -0.384. The van der Waals surface area contributed by atoms with E-state index in [2.05, 4.69) is 41.3 Å². The Balaban J connectivity index is 1.70. The third-order valence-electron chi connectivity index (χ3n) is 5.14. The summed E-state index contributed by atoms with van der Waals surface area (Å²) in [5, 5.41) is 17.9. The third-order valence-corrected chi connectivity index (χ3v) is 5.14. The molecule has 3 aromatic carbocycles. The predicted octanol–water partition coefficient (Wildman–Crippen LogP) is 5.02. The molecule has 1 aliphatic heterocycles. The minimum absolute atomic E-state index is 0.0428. The normalized spacial score (nSPS) is 15.9. The molecule has 0 aliphatic carbocycles. The highest BCUT2D eigenvalue weighted by atomic mass is 16.6. The fourth-order valence-corrected chi connectivity index (χ4v) is 3.54. The highest BCUT2D eigenvalue weighted by Crippen LogP contribution is 2.37. The van der Waals surface area contributed by atoms with E-state index in [0.717, 1.165) is 34.6 Å². The minimum Gasteiger partial charge on any atom is -0.378 e. The molecule has 6 nitrogen and oxygen atoms in total. The van der Waals surface area contributed by atoms with E-state index in [-0.39, 0.29) is 16.7 Å². The molecule has 0 N–H and O–H groups in total. The van der Waals surface area contributed by atoms with Crippen LogP contribution in [0.3, 0.4) is 0 Å². The van der Waals surface area contributed by atoms with Crippen LogP contribution < -0.4 is 9.91 Å². The molecule has 0 unspecified atom stereocenters. The average Bonchev–Trinajstić information content (AvgIpc) is 3.20. The van der Waals surface area contributed by atoms with Gasteiger partial charge in [0.1, 0.15) is 0 Å². The van der Waals surface area contributed by atoms with Crippen molar-refractivity contribution in [3.05, 3.63) is 100 Å². The van der Waals surface area contributed by atoms with Crippen LogP contribution in [0.25, 0.3) is 0 Å². The number of benzene rings is 3. The van der Waals surface area contributed by atoms with E-state index < -0.39 is 0 Å². The van der Waals surface area contributed by atoms with Crippen molar-refractivity contribution in [2.24, 2.45) is 5.10 Å². The quantitative estimate of drug-likeness (QED) is 0.456. The first-order valence-corrected chi connectivity index (χ1v) is 9.47. The van der Waals surface area contributed by atoms with Crippen LogP contribution in [0.5, 0.6) is 0 Å². The maximum absolute atomic E-state index is 11.0. The van der Waals surface area contributed by atoms with Gasteiger partial charge in [-0.1, -0.05) is 42.5 Å². The van der Waals surface area contributed by atoms with Crippen molar-refractivity contribution in [3.63, 3.8) is 0 Å². The smallest absolute Gasteiger partial charge is 0.269 e. The average molecular weight is 386 g/mol. The van der Waals surface area contributed by atoms with Crippen LogP contribution in [0.15, 0.2) is 84.0 Å². The summed E-state index contributed by atoms with van der Waals surface area (Å²) in [5.74, 6) is 0. The molecule has 0 spiro atoms. The predicted molar refractivity (Wildman–Crippen MR) is 117 cm³/mol. The molecule has 0 amide bonds. The molecular weight excluding hydrogens is 364 g/mol. The van der Waals surface area contributed by atoms with E-state index in [4.69, 9.17) is 5.10 Å². The number of nitro benzene ring substituents is 1. The SMILES string of the molecule is CN(C)c1ccc(C2=NN(c3ccc([N+](=O)[O-])cc3)[C@H](c3ccccc3)C2)cc1. The molecule has 0 bridgehead atoms. The van der Waals surface area contributed by atoms with Crippen molar-refractivity contribution in [1.29, 1.82) is 0 Å². The number of hydrogen-bond acceptors (Lipinski definition) is 5. The zero-order chi connectivity index (χ0) is 20.4. The van der Waals surface area contributed by atoms with Gasteiger partial charge in [-0.25, -0.2) is 0 Å². The molecular formula is C23H22N4O2. The van der Waals surface area contributed by atoms with Gasteiger partial charge in [-0.3, -0.25) is 15.1 Å². The summed E-state index contributed by atoms with van der Waals surface area (Å²) in [6.45, 7) is 0. The van der Waals surface area contributed by atoms with E-state index in [0.29, 0.717) is 0 Å². The minimum atomic E-state index is -0.385. The first kappa shape index (κ1) is 18.7. The molecule has 0 radical (unpaired) electrons. The first-order chi connectivity index (χ1) is 14.0. The van der Waals surface area contributed by atoms with E-state index >= 15 is 0 Å². The molecule has 0 aromatic heterocycles. The summed E-state index contributed by atoms with van der Waals surface area (Å²) < 4.78 is 0. The number of rotatable bonds is 5. The molecule has 0 fully saturated rings. The Hall–Kier alpha value is -3.67. The number of anilines is 2. The Bertz CT molecular complexity index is 1030. The van der Waals surface area contributed by atoms with Gasteiger partial charge in [-0.15, -0.1) is 0 Å². The van der Waals surface area contributed by atoms with Gasteiger partial charge in [0.25, 0.3) is 5.69 Å². The molecule has 3 aromatic rings. The lowest BCUT2D eigenvalue weighted by Crippen LogP contribution is -2.18. The van der Waals surface area contributed by atoms with E-state index in [1.165, 1.54) is 12.1 Å². The van der Waals surface area contributed by atoms with Gasteiger partial charge in [-0.05, 0) is 35.4 Å². The summed E-state index contributed by atoms with van der Waals surface area (Å²) >= 11 is 0. The number of nitro groups is 1. The van der Waals surface area contributed by atoms with Crippen LogP contribution in [0, 0.1) is 10.1 Å². The zero-order valence-corrected chi connectivity index (χ0v) is 16.4. The number of hydrogen-bond donors (Lipinski definition) is 0. The Morgan fingerprint density at radius 3 is 2.21 bits per heavy atom. The van der Waals surface area contributed by atoms with Gasteiger partial charge < -0.3 is 4.90 Å². The summed E-state index contributed by atoms with van der Waals surface area (Å²) in [6.07, 6.45) is 0.766. The lowest BCUT2D eigenvalue weighted by atomic mass is 9.98. The largest absolute Gasteiger partial charge is 0.378 e. The summed E-state index contributed by atoms with van der Waals surface area (Å²) in [6, 6.07) is 25.2. The van der Waals surface area contributed by atoms with Gasteiger partial charge in [0, 0.05) is 38.3 Å². The number of hydrazone groups is 1. The maximum atomic E-state index is 11.0. The highest BCUT2D eigenvalue weighted by Gasteiger charge is 2.30. The maximum Gasteiger partial charge on any atom is 0.269 e. The van der Waals surface area contributed by atoms with Crippen molar-refractivity contribution < 1.29 is 4.92 Å². The second-order valence-electron chi connectivity index (χ2n) is 7.24. The summed E-state index contributed by atoms with van der Waals surface area (Å²) in [4.78, 5) is 12.7. The fourth-order valence-electron chi connectivity index (χ4n) is 3.54. The highest BCUT2D eigenvalue weighted by molar-refractivity contribution is 6.03. The molecule has 4 rings (SSSR count). The Morgan fingerprint density at radius 1 is 0.966 bits per heavy atom. The standard InChI is InChI=1S/C23H22N4O2/c1-25(2)19-10-8-17(9-11-19)22-16-23(18-6-4-3-5-7-18)26(24-22)20-12-14-21(15-13-20)27(28)29/h3-15,23H,16H2,1-2H3/t23-/m0/s1. The Labute approximate surface area is 169 Å². The van der Waals surface area contributed by atoms with Gasteiger partial charge in [0.2, 0.25) is 0 Å². The number of nitrogens with zero attached hydrogens (tertiary/aromatic N) is 4. The Morgan fingerprint density at radius 2 is 1.62 bits per heavy atom. The zero-order valence-electron chi connectivity index (χ0n) is 16.4. The molecule has 1 atom stereocenters. The van der Waals surface area contributed by atoms with Gasteiger partial charge in [0.05, 0.1) is 22.4 Å². The fraction of sp³-hybridized carbons (Fsp3) is 0.174. The molecule has 0 saturated heterocycles. The second-order valence-corrected chi connectivity index (χ2v) is 7.24. The lowest BCUT2D eigenvalue weighted by Gasteiger charge is -2.23. The van der Waals surface area contributed by atoms with Crippen LogP contribution in [-0.2, 0) is 0 Å². The van der Waals surface area contributed by atoms with Crippen molar-refractivity contribution in [2.45, 2.75) is 12.5 Å². The number of non-ortho nitro benzene ring substituents is 1. The third kappa shape index (κ3) is 3.82. The van der Waals surface area contributed by atoms with Crippen molar-refractivity contribution in [1.82, 2.24) is 0 Å². The van der Waals surface area contributed by atoms with Gasteiger partial charge in [-0.2, -0.15) is 5.10 Å².